The molecule has 0 amide bonds. The van der Waals surface area contributed by atoms with Crippen LogP contribution < -0.4 is 11.2 Å². The molecule has 2 rings (SSSR count). The quantitative estimate of drug-likeness (QED) is 0.730. The van der Waals surface area contributed by atoms with E-state index in [9.17, 15) is 14.7 Å². The first kappa shape index (κ1) is 15.6. The molecule has 8 heteroatoms. The number of aliphatic hydroxyl groups is 1. The summed E-state index contributed by atoms with van der Waals surface area (Å²) >= 11 is 0. The Kier molecular flexibility index (Phi) is 4.40. The number of aliphatic hydroxyl groups excluding tert-OH is 1. The number of aromatic amines is 1. The number of aromatic nitrogens is 2. The van der Waals surface area contributed by atoms with E-state index in [0.29, 0.717) is 0 Å². The maximum atomic E-state index is 15.0. The van der Waals surface area contributed by atoms with Gasteiger partial charge in [-0.25, -0.2) is 9.18 Å². The Morgan fingerprint density at radius 1 is 1.67 bits per heavy atom. The molecule has 4 atom stereocenters. The van der Waals surface area contributed by atoms with Crippen LogP contribution >= 0.6 is 0 Å². The minimum Gasteiger partial charge on any atom is -0.394 e. The van der Waals surface area contributed by atoms with E-state index in [4.69, 9.17) is 9.47 Å². The van der Waals surface area contributed by atoms with Crippen molar-refractivity contribution in [3.63, 3.8) is 0 Å². The average Bonchev–Trinajstić information content (AvgIpc) is 2.67. The molecule has 2 N–H and O–H groups in total. The molecule has 1 aliphatic heterocycles. The maximum absolute atomic E-state index is 15.0. The van der Waals surface area contributed by atoms with Gasteiger partial charge in [0.15, 0.2) is 11.9 Å². The van der Waals surface area contributed by atoms with Gasteiger partial charge in [-0.1, -0.05) is 6.08 Å². The van der Waals surface area contributed by atoms with Crippen LogP contribution in [0.4, 0.5) is 4.39 Å². The molecule has 0 saturated carbocycles. The highest BCUT2D eigenvalue weighted by Crippen LogP contribution is 2.42. The number of rotatable bonds is 5. The second-order valence-corrected chi connectivity index (χ2v) is 4.92. The number of H-pyrrole nitrogens is 1. The van der Waals surface area contributed by atoms with Gasteiger partial charge in [-0.15, -0.1) is 6.58 Å². The van der Waals surface area contributed by atoms with Gasteiger partial charge in [0.05, 0.1) is 13.2 Å². The van der Waals surface area contributed by atoms with Gasteiger partial charge in [-0.05, 0) is 6.92 Å². The molecular weight excluding hydrogens is 283 g/mol. The molecule has 7 nitrogen and oxygen atoms in total. The summed E-state index contributed by atoms with van der Waals surface area (Å²) in [4.78, 5) is 24.9. The van der Waals surface area contributed by atoms with E-state index < -0.39 is 42.0 Å². The van der Waals surface area contributed by atoms with Gasteiger partial charge in [-0.3, -0.25) is 14.3 Å². The average molecular weight is 300 g/mol. The smallest absolute Gasteiger partial charge is 0.330 e. The van der Waals surface area contributed by atoms with E-state index in [1.54, 1.807) is 0 Å². The molecule has 1 unspecified atom stereocenters. The number of hydrogen-bond donors (Lipinski definition) is 2. The molecule has 1 aromatic heterocycles. The first-order valence-electron chi connectivity index (χ1n) is 6.41. The normalized spacial score (nSPS) is 32.2. The van der Waals surface area contributed by atoms with Crippen LogP contribution in [0.5, 0.6) is 0 Å². The van der Waals surface area contributed by atoms with E-state index in [0.717, 1.165) is 16.8 Å². The predicted molar refractivity (Wildman–Crippen MR) is 71.8 cm³/mol. The molecule has 0 aromatic carbocycles. The van der Waals surface area contributed by atoms with Crippen molar-refractivity contribution in [3.05, 3.63) is 45.8 Å². The Labute approximate surface area is 119 Å². The summed E-state index contributed by atoms with van der Waals surface area (Å²) < 4.78 is 26.7. The summed E-state index contributed by atoms with van der Waals surface area (Å²) in [5, 5.41) is 9.30. The summed E-state index contributed by atoms with van der Waals surface area (Å²) in [6, 6.07) is 1.09. The number of halogens is 1. The third-order valence-corrected chi connectivity index (χ3v) is 3.36. The molecule has 1 aromatic rings. The summed E-state index contributed by atoms with van der Waals surface area (Å²) in [5.41, 5.74) is -3.45. The third-order valence-electron chi connectivity index (χ3n) is 3.36. The number of nitrogens with one attached hydrogen (secondary N) is 1. The SMILES string of the molecule is C=CCOC1[C@H](CO)O[C@H](n2ccc(=O)[nH]c2=O)[C@@]1(C)F. The fraction of sp³-hybridized carbons (Fsp3) is 0.538. The Morgan fingerprint density at radius 2 is 2.38 bits per heavy atom. The fourth-order valence-corrected chi connectivity index (χ4v) is 2.40. The van der Waals surface area contributed by atoms with E-state index in [1.165, 1.54) is 13.0 Å². The van der Waals surface area contributed by atoms with Gasteiger partial charge in [0.25, 0.3) is 5.56 Å². The fourth-order valence-electron chi connectivity index (χ4n) is 2.40. The number of alkyl halides is 1. The standard InChI is InChI=1S/C13H17FN2O5/c1-3-6-20-10-8(7-17)21-11(13(10,2)14)16-5-4-9(18)15-12(16)19/h3-5,8,10-11,17H,1,6-7H2,2H3,(H,15,18,19)/t8-,10?,11-,13-/m0/s1. The van der Waals surface area contributed by atoms with Crippen LogP contribution in [-0.2, 0) is 9.47 Å². The monoisotopic (exact) mass is 300 g/mol. The highest BCUT2D eigenvalue weighted by atomic mass is 19.1. The topological polar surface area (TPSA) is 93.5 Å². The van der Waals surface area contributed by atoms with Crippen molar-refractivity contribution in [3.8, 4) is 0 Å². The molecule has 21 heavy (non-hydrogen) atoms. The van der Waals surface area contributed by atoms with Crippen LogP contribution in [0.25, 0.3) is 0 Å². The van der Waals surface area contributed by atoms with Crippen molar-refractivity contribution in [1.29, 1.82) is 0 Å². The molecular formula is C13H17FN2O5. The van der Waals surface area contributed by atoms with Crippen LogP contribution in [0.15, 0.2) is 34.5 Å². The minimum absolute atomic E-state index is 0.0806. The zero-order valence-corrected chi connectivity index (χ0v) is 11.5. The number of nitrogens with zero attached hydrogens (tertiary/aromatic N) is 1. The van der Waals surface area contributed by atoms with Crippen molar-refractivity contribution in [2.45, 2.75) is 31.0 Å². The molecule has 1 saturated heterocycles. The lowest BCUT2D eigenvalue weighted by Crippen LogP contribution is -2.45. The Morgan fingerprint density at radius 3 is 2.95 bits per heavy atom. The summed E-state index contributed by atoms with van der Waals surface area (Å²) in [7, 11) is 0. The molecule has 0 bridgehead atoms. The molecule has 0 aliphatic carbocycles. The molecule has 2 heterocycles. The lowest BCUT2D eigenvalue weighted by atomic mass is 9.98. The number of ether oxygens (including phenoxy) is 2. The van der Waals surface area contributed by atoms with E-state index >= 15 is 4.39 Å². The zero-order valence-electron chi connectivity index (χ0n) is 11.5. The van der Waals surface area contributed by atoms with E-state index in [1.807, 2.05) is 4.98 Å². The third kappa shape index (κ3) is 2.82. The lowest BCUT2D eigenvalue weighted by molar-refractivity contribution is -0.0614. The summed E-state index contributed by atoms with van der Waals surface area (Å²) in [6.07, 6.45) is -0.709. The molecule has 0 radical (unpaired) electrons. The van der Waals surface area contributed by atoms with Crippen molar-refractivity contribution < 1.29 is 19.0 Å². The number of hydrogen-bond acceptors (Lipinski definition) is 5. The molecule has 1 fully saturated rings. The van der Waals surface area contributed by atoms with Gasteiger partial charge in [0, 0.05) is 12.3 Å². The van der Waals surface area contributed by atoms with Crippen molar-refractivity contribution >= 4 is 0 Å². The van der Waals surface area contributed by atoms with Gasteiger partial charge in [-0.2, -0.15) is 0 Å². The summed E-state index contributed by atoms with van der Waals surface area (Å²) in [6.45, 7) is 4.31. The zero-order chi connectivity index (χ0) is 15.6. The highest BCUT2D eigenvalue weighted by Gasteiger charge is 2.56. The second-order valence-electron chi connectivity index (χ2n) is 4.92. The Bertz CT molecular complexity index is 623. The first-order valence-corrected chi connectivity index (χ1v) is 6.41. The van der Waals surface area contributed by atoms with Crippen molar-refractivity contribution in [2.75, 3.05) is 13.2 Å². The van der Waals surface area contributed by atoms with Crippen LogP contribution in [0.1, 0.15) is 13.2 Å². The van der Waals surface area contributed by atoms with Crippen LogP contribution in [-0.4, -0.2) is 45.7 Å². The molecule has 0 spiro atoms. The van der Waals surface area contributed by atoms with Crippen molar-refractivity contribution in [1.82, 2.24) is 9.55 Å². The van der Waals surface area contributed by atoms with Crippen LogP contribution in [0.2, 0.25) is 0 Å². The summed E-state index contributed by atoms with van der Waals surface area (Å²) in [5.74, 6) is 0. The molecule has 1 aliphatic rings. The van der Waals surface area contributed by atoms with Crippen molar-refractivity contribution in [2.24, 2.45) is 0 Å². The van der Waals surface area contributed by atoms with Gasteiger partial charge in [0.2, 0.25) is 0 Å². The van der Waals surface area contributed by atoms with E-state index in [-0.39, 0.29) is 6.61 Å². The van der Waals surface area contributed by atoms with Crippen LogP contribution in [0, 0.1) is 0 Å². The van der Waals surface area contributed by atoms with Gasteiger partial charge in [0.1, 0.15) is 12.2 Å². The maximum Gasteiger partial charge on any atom is 0.330 e. The highest BCUT2D eigenvalue weighted by molar-refractivity contribution is 5.02. The van der Waals surface area contributed by atoms with Crippen LogP contribution in [0.3, 0.4) is 0 Å². The Balaban J connectivity index is 2.38. The first-order chi connectivity index (χ1) is 9.91. The lowest BCUT2D eigenvalue weighted by Gasteiger charge is -2.27. The molecule has 116 valence electrons. The predicted octanol–water partition coefficient (Wildman–Crippen LogP) is -0.274. The Hall–Kier alpha value is -1.77. The second kappa shape index (κ2) is 5.92. The van der Waals surface area contributed by atoms with Gasteiger partial charge < -0.3 is 14.6 Å². The van der Waals surface area contributed by atoms with Gasteiger partial charge >= 0.3 is 5.69 Å². The largest absolute Gasteiger partial charge is 0.394 e. The minimum atomic E-state index is -2.07. The van der Waals surface area contributed by atoms with E-state index in [2.05, 4.69) is 6.58 Å².